The van der Waals surface area contributed by atoms with Gasteiger partial charge in [0.2, 0.25) is 5.95 Å². The molecule has 29 heavy (non-hydrogen) atoms. The molecular formula is C20H23N9. The molecule has 0 aliphatic heterocycles. The lowest BCUT2D eigenvalue weighted by atomic mass is 10.2. The summed E-state index contributed by atoms with van der Waals surface area (Å²) in [5.74, 6) is 3.47. The highest BCUT2D eigenvalue weighted by molar-refractivity contribution is 5.73. The molecule has 0 bridgehead atoms. The molecular weight excluding hydrogens is 366 g/mol. The van der Waals surface area contributed by atoms with Crippen molar-refractivity contribution in [3.8, 4) is 0 Å². The average Bonchev–Trinajstić information content (AvgIpc) is 3.30. The number of aromatic amines is 2. The summed E-state index contributed by atoms with van der Waals surface area (Å²) in [6, 6.07) is 5.78. The van der Waals surface area contributed by atoms with Crippen molar-refractivity contribution in [1.29, 1.82) is 0 Å². The van der Waals surface area contributed by atoms with E-state index in [9.17, 15) is 0 Å². The van der Waals surface area contributed by atoms with Crippen molar-refractivity contribution in [2.45, 2.75) is 38.6 Å². The maximum Gasteiger partial charge on any atom is 0.227 e. The zero-order valence-corrected chi connectivity index (χ0v) is 16.4. The molecule has 0 saturated heterocycles. The van der Waals surface area contributed by atoms with Crippen molar-refractivity contribution in [3.05, 3.63) is 48.3 Å². The van der Waals surface area contributed by atoms with E-state index in [1.807, 2.05) is 24.5 Å². The van der Waals surface area contributed by atoms with E-state index in [1.54, 1.807) is 6.20 Å². The Bertz CT molecular complexity index is 1130. The van der Waals surface area contributed by atoms with Crippen molar-refractivity contribution in [2.75, 3.05) is 16.8 Å². The first-order valence-electron chi connectivity index (χ1n) is 9.93. The van der Waals surface area contributed by atoms with Crippen LogP contribution in [0.1, 0.15) is 50.2 Å². The van der Waals surface area contributed by atoms with Gasteiger partial charge in [0.1, 0.15) is 5.82 Å². The van der Waals surface area contributed by atoms with Crippen LogP contribution in [-0.4, -0.2) is 41.7 Å². The molecule has 1 saturated carbocycles. The van der Waals surface area contributed by atoms with E-state index in [0.29, 0.717) is 17.7 Å². The number of nitrogens with zero attached hydrogens (tertiary/aromatic N) is 6. The smallest absolute Gasteiger partial charge is 0.227 e. The minimum Gasteiger partial charge on any atom is -0.359 e. The molecule has 0 unspecified atom stereocenters. The van der Waals surface area contributed by atoms with Gasteiger partial charge >= 0.3 is 0 Å². The number of H-pyrrole nitrogens is 2. The second kappa shape index (κ2) is 7.16. The summed E-state index contributed by atoms with van der Waals surface area (Å²) >= 11 is 0. The summed E-state index contributed by atoms with van der Waals surface area (Å²) in [6.07, 6.45) is 7.91. The van der Waals surface area contributed by atoms with Gasteiger partial charge in [-0.05, 0) is 38.8 Å². The topological polar surface area (TPSA) is 111 Å². The fourth-order valence-electron chi connectivity index (χ4n) is 3.48. The minimum atomic E-state index is -0.0681. The van der Waals surface area contributed by atoms with Crippen LogP contribution in [0.3, 0.4) is 0 Å². The van der Waals surface area contributed by atoms with E-state index in [2.05, 4.69) is 60.3 Å². The third kappa shape index (κ3) is 3.51. The summed E-state index contributed by atoms with van der Waals surface area (Å²) in [5.41, 5.74) is 3.01. The highest BCUT2D eigenvalue weighted by Gasteiger charge is 2.25. The van der Waals surface area contributed by atoms with Gasteiger partial charge in [0, 0.05) is 36.6 Å². The van der Waals surface area contributed by atoms with Gasteiger partial charge in [0.25, 0.3) is 0 Å². The molecule has 0 radical (unpaired) electrons. The Kier molecular flexibility index (Phi) is 4.34. The third-order valence-electron chi connectivity index (χ3n) is 5.27. The fourth-order valence-corrected chi connectivity index (χ4v) is 3.48. The normalized spacial score (nSPS) is 14.8. The standard InChI is InChI=1S/C20H23N9/c1-3-29(12(2)19-23-11-16-14(24-19)6-8-21-16)20-22-9-7-17(26-20)25-18-10-15(27-28-18)13-4-5-13/h6-13,21H,3-5H2,1-2H3,(H2,22,25,26,27,28)/t12-/m0/s1. The first kappa shape index (κ1) is 17.6. The van der Waals surface area contributed by atoms with Crippen LogP contribution in [0.4, 0.5) is 17.6 Å². The molecule has 1 fully saturated rings. The zero-order valence-electron chi connectivity index (χ0n) is 16.4. The molecule has 1 atom stereocenters. The molecule has 4 heterocycles. The molecule has 0 spiro atoms. The Hall–Kier alpha value is -3.49. The van der Waals surface area contributed by atoms with Gasteiger partial charge < -0.3 is 15.2 Å². The van der Waals surface area contributed by atoms with Crippen molar-refractivity contribution in [2.24, 2.45) is 0 Å². The minimum absolute atomic E-state index is 0.0681. The SMILES string of the molecule is CCN(c1nccc(Nc2cc(C3CC3)[nH]n2)n1)[C@@H](C)c1ncc2[nH]ccc2n1. The molecule has 1 aliphatic carbocycles. The molecule has 4 aromatic rings. The number of nitrogens with one attached hydrogen (secondary N) is 3. The predicted molar refractivity (Wildman–Crippen MR) is 111 cm³/mol. The van der Waals surface area contributed by atoms with Gasteiger partial charge in [-0.2, -0.15) is 10.1 Å². The predicted octanol–water partition coefficient (Wildman–Crippen LogP) is 3.68. The van der Waals surface area contributed by atoms with Crippen molar-refractivity contribution in [1.82, 2.24) is 35.1 Å². The van der Waals surface area contributed by atoms with E-state index < -0.39 is 0 Å². The fraction of sp³-hybridized carbons (Fsp3) is 0.350. The van der Waals surface area contributed by atoms with Crippen LogP contribution in [0.5, 0.6) is 0 Å². The highest BCUT2D eigenvalue weighted by Crippen LogP contribution is 2.39. The number of hydrogen-bond donors (Lipinski definition) is 3. The van der Waals surface area contributed by atoms with Crippen LogP contribution in [0.2, 0.25) is 0 Å². The lowest BCUT2D eigenvalue weighted by Gasteiger charge is -2.27. The van der Waals surface area contributed by atoms with Crippen LogP contribution in [0.25, 0.3) is 11.0 Å². The largest absolute Gasteiger partial charge is 0.359 e. The van der Waals surface area contributed by atoms with Gasteiger partial charge in [-0.15, -0.1) is 0 Å². The lowest BCUT2D eigenvalue weighted by molar-refractivity contribution is 0.634. The van der Waals surface area contributed by atoms with E-state index in [1.165, 1.54) is 18.5 Å². The maximum atomic E-state index is 4.70. The highest BCUT2D eigenvalue weighted by atomic mass is 15.3. The Morgan fingerprint density at radius 3 is 2.93 bits per heavy atom. The molecule has 4 aromatic heterocycles. The summed E-state index contributed by atoms with van der Waals surface area (Å²) < 4.78 is 0. The van der Waals surface area contributed by atoms with E-state index >= 15 is 0 Å². The zero-order chi connectivity index (χ0) is 19.8. The van der Waals surface area contributed by atoms with Gasteiger partial charge in [0.05, 0.1) is 23.3 Å². The Morgan fingerprint density at radius 1 is 1.21 bits per heavy atom. The number of anilines is 3. The van der Waals surface area contributed by atoms with Crippen molar-refractivity contribution in [3.63, 3.8) is 0 Å². The van der Waals surface area contributed by atoms with E-state index in [0.717, 1.165) is 29.2 Å². The van der Waals surface area contributed by atoms with E-state index in [-0.39, 0.29) is 6.04 Å². The van der Waals surface area contributed by atoms with Gasteiger partial charge in [-0.25, -0.2) is 15.0 Å². The number of aromatic nitrogens is 7. The lowest BCUT2D eigenvalue weighted by Crippen LogP contribution is -2.29. The summed E-state index contributed by atoms with van der Waals surface area (Å²) in [7, 11) is 0. The molecule has 1 aliphatic rings. The molecule has 3 N–H and O–H groups in total. The summed E-state index contributed by atoms with van der Waals surface area (Å²) in [4.78, 5) is 23.6. The number of hydrogen-bond acceptors (Lipinski definition) is 7. The molecule has 0 amide bonds. The Balaban J connectivity index is 1.37. The van der Waals surface area contributed by atoms with Crippen LogP contribution in [-0.2, 0) is 0 Å². The third-order valence-corrected chi connectivity index (χ3v) is 5.27. The van der Waals surface area contributed by atoms with Crippen LogP contribution in [0, 0.1) is 0 Å². The molecule has 5 rings (SSSR count). The van der Waals surface area contributed by atoms with Crippen LogP contribution < -0.4 is 10.2 Å². The first-order chi connectivity index (χ1) is 14.2. The quantitative estimate of drug-likeness (QED) is 0.442. The second-order valence-corrected chi connectivity index (χ2v) is 7.32. The molecule has 0 aromatic carbocycles. The van der Waals surface area contributed by atoms with Gasteiger partial charge in [0.15, 0.2) is 11.6 Å². The molecule has 148 valence electrons. The maximum absolute atomic E-state index is 4.70. The second-order valence-electron chi connectivity index (χ2n) is 7.32. The molecule has 9 nitrogen and oxygen atoms in total. The monoisotopic (exact) mass is 389 g/mol. The van der Waals surface area contributed by atoms with Crippen molar-refractivity contribution >= 4 is 28.6 Å². The van der Waals surface area contributed by atoms with Gasteiger partial charge in [-0.1, -0.05) is 0 Å². The number of rotatable bonds is 7. The summed E-state index contributed by atoms with van der Waals surface area (Å²) in [5, 5.41) is 10.7. The van der Waals surface area contributed by atoms with Crippen LogP contribution >= 0.6 is 0 Å². The van der Waals surface area contributed by atoms with Crippen LogP contribution in [0.15, 0.2) is 36.8 Å². The number of fused-ring (bicyclic) bond motifs is 1. The Morgan fingerprint density at radius 2 is 2.10 bits per heavy atom. The summed E-state index contributed by atoms with van der Waals surface area (Å²) in [6.45, 7) is 4.87. The van der Waals surface area contributed by atoms with E-state index in [4.69, 9.17) is 4.98 Å². The first-order valence-corrected chi connectivity index (χ1v) is 9.93. The average molecular weight is 389 g/mol. The Labute approximate surface area is 168 Å². The van der Waals surface area contributed by atoms with Crippen molar-refractivity contribution < 1.29 is 0 Å². The van der Waals surface area contributed by atoms with Gasteiger partial charge in [-0.3, -0.25) is 5.10 Å². The molecule has 9 heteroatoms.